The second-order valence-corrected chi connectivity index (χ2v) is 6.08. The van der Waals surface area contributed by atoms with Gasteiger partial charge in [-0.15, -0.1) is 0 Å². The number of rotatable bonds is 6. The number of hydrogen-bond donors (Lipinski definition) is 0. The normalized spacial score (nSPS) is 24.2. The van der Waals surface area contributed by atoms with Gasteiger partial charge in [0.1, 0.15) is 12.4 Å². The average Bonchev–Trinajstić information content (AvgIpc) is 2.44. The number of benzene rings is 1. The van der Waals surface area contributed by atoms with Crippen molar-refractivity contribution in [3.05, 3.63) is 29.8 Å². The van der Waals surface area contributed by atoms with E-state index in [9.17, 15) is 0 Å². The second kappa shape index (κ2) is 7.78. The van der Waals surface area contributed by atoms with Crippen LogP contribution in [-0.4, -0.2) is 62.3 Å². The Kier molecular flexibility index (Phi) is 6.03. The molecule has 0 saturated carbocycles. The first-order chi connectivity index (χ1) is 10.1. The zero-order valence-corrected chi connectivity index (χ0v) is 13.7. The van der Waals surface area contributed by atoms with Gasteiger partial charge < -0.3 is 14.4 Å². The number of likely N-dealkylation sites (N-methyl/N-ethyl adjacent to an activating group) is 1. The number of methoxy groups -OCH3 is 1. The van der Waals surface area contributed by atoms with Crippen molar-refractivity contribution in [3.8, 4) is 5.75 Å². The minimum Gasteiger partial charge on any atom is -0.491 e. The van der Waals surface area contributed by atoms with E-state index in [4.69, 9.17) is 9.47 Å². The lowest BCUT2D eigenvalue weighted by Crippen LogP contribution is -2.54. The predicted octanol–water partition coefficient (Wildman–Crippen LogP) is 2.24. The van der Waals surface area contributed by atoms with Crippen LogP contribution in [0.25, 0.3) is 0 Å². The van der Waals surface area contributed by atoms with Crippen LogP contribution >= 0.6 is 0 Å². The highest BCUT2D eigenvalue weighted by Gasteiger charge is 2.27. The number of piperazine rings is 1. The van der Waals surface area contributed by atoms with E-state index in [-0.39, 0.29) is 0 Å². The van der Waals surface area contributed by atoms with Crippen LogP contribution in [0.1, 0.15) is 19.4 Å². The van der Waals surface area contributed by atoms with Crippen molar-refractivity contribution in [3.63, 3.8) is 0 Å². The number of hydrogen-bond acceptors (Lipinski definition) is 4. The van der Waals surface area contributed by atoms with Gasteiger partial charge in [0.25, 0.3) is 0 Å². The van der Waals surface area contributed by atoms with Crippen LogP contribution in [-0.2, 0) is 11.3 Å². The molecule has 2 rings (SSSR count). The molecular weight excluding hydrogens is 264 g/mol. The third-order valence-corrected chi connectivity index (χ3v) is 4.10. The average molecular weight is 292 g/mol. The van der Waals surface area contributed by atoms with Gasteiger partial charge in [-0.05, 0) is 38.6 Å². The van der Waals surface area contributed by atoms with E-state index >= 15 is 0 Å². The van der Waals surface area contributed by atoms with Gasteiger partial charge in [0.2, 0.25) is 0 Å². The highest BCUT2D eigenvalue weighted by Crippen LogP contribution is 2.20. The first-order valence-electron chi connectivity index (χ1n) is 7.75. The topological polar surface area (TPSA) is 24.9 Å². The fourth-order valence-corrected chi connectivity index (χ4v) is 3.12. The van der Waals surface area contributed by atoms with E-state index in [0.717, 1.165) is 25.4 Å². The molecular formula is C17H28N2O2. The molecule has 21 heavy (non-hydrogen) atoms. The summed E-state index contributed by atoms with van der Waals surface area (Å²) in [5.41, 5.74) is 1.31. The largest absolute Gasteiger partial charge is 0.491 e. The zero-order valence-electron chi connectivity index (χ0n) is 13.7. The summed E-state index contributed by atoms with van der Waals surface area (Å²) in [6, 6.07) is 9.57. The Morgan fingerprint density at radius 1 is 1.14 bits per heavy atom. The Labute approximate surface area is 128 Å². The summed E-state index contributed by atoms with van der Waals surface area (Å²) in [6.45, 7) is 9.09. The number of nitrogens with zero attached hydrogens (tertiary/aromatic N) is 2. The van der Waals surface area contributed by atoms with Gasteiger partial charge in [0, 0.05) is 38.8 Å². The van der Waals surface area contributed by atoms with Crippen molar-refractivity contribution in [2.45, 2.75) is 32.5 Å². The standard InChI is InChI=1S/C17H28N2O2/c1-14-11-18(3)12-15(2)19(14)13-16-6-5-7-17(10-16)21-9-8-20-4/h5-7,10,14-15H,8-9,11-13H2,1-4H3. The molecule has 118 valence electrons. The van der Waals surface area contributed by atoms with Gasteiger partial charge in [0.05, 0.1) is 6.61 Å². The first-order valence-corrected chi connectivity index (χ1v) is 7.75. The minimum absolute atomic E-state index is 0.580. The Bertz CT molecular complexity index is 427. The van der Waals surface area contributed by atoms with Crippen molar-refractivity contribution in [1.82, 2.24) is 9.80 Å². The van der Waals surface area contributed by atoms with E-state index in [0.29, 0.717) is 25.3 Å². The van der Waals surface area contributed by atoms with E-state index < -0.39 is 0 Å². The maximum absolute atomic E-state index is 5.70. The minimum atomic E-state index is 0.580. The molecule has 1 saturated heterocycles. The second-order valence-electron chi connectivity index (χ2n) is 6.08. The zero-order chi connectivity index (χ0) is 15.2. The van der Waals surface area contributed by atoms with Crippen molar-refractivity contribution in [2.75, 3.05) is 40.5 Å². The summed E-state index contributed by atoms with van der Waals surface area (Å²) in [5.74, 6) is 0.930. The van der Waals surface area contributed by atoms with Crippen LogP contribution in [0, 0.1) is 0 Å². The smallest absolute Gasteiger partial charge is 0.119 e. The third kappa shape index (κ3) is 4.70. The molecule has 1 aromatic carbocycles. The Morgan fingerprint density at radius 2 is 1.86 bits per heavy atom. The van der Waals surface area contributed by atoms with Gasteiger partial charge in [-0.2, -0.15) is 0 Å². The fraction of sp³-hybridized carbons (Fsp3) is 0.647. The van der Waals surface area contributed by atoms with Crippen molar-refractivity contribution in [2.24, 2.45) is 0 Å². The predicted molar refractivity (Wildman–Crippen MR) is 85.8 cm³/mol. The van der Waals surface area contributed by atoms with Crippen molar-refractivity contribution >= 4 is 0 Å². The summed E-state index contributed by atoms with van der Waals surface area (Å²) in [7, 11) is 3.89. The maximum atomic E-state index is 5.70. The molecule has 4 heteroatoms. The SMILES string of the molecule is COCCOc1cccc(CN2C(C)CN(C)CC2C)c1. The molecule has 1 fully saturated rings. The van der Waals surface area contributed by atoms with Gasteiger partial charge >= 0.3 is 0 Å². The molecule has 0 amide bonds. The molecule has 1 aromatic rings. The first kappa shape index (κ1) is 16.3. The molecule has 0 aromatic heterocycles. The van der Waals surface area contributed by atoms with Crippen molar-refractivity contribution < 1.29 is 9.47 Å². The molecule has 0 spiro atoms. The van der Waals surface area contributed by atoms with Gasteiger partial charge in [-0.3, -0.25) is 4.90 Å². The molecule has 0 aliphatic carbocycles. The van der Waals surface area contributed by atoms with Crippen LogP contribution in [0.2, 0.25) is 0 Å². The van der Waals surface area contributed by atoms with Gasteiger partial charge in [-0.25, -0.2) is 0 Å². The maximum Gasteiger partial charge on any atom is 0.119 e. The van der Waals surface area contributed by atoms with E-state index in [1.54, 1.807) is 7.11 Å². The molecule has 1 aliphatic heterocycles. The summed E-state index contributed by atoms with van der Waals surface area (Å²) in [5, 5.41) is 0. The highest BCUT2D eigenvalue weighted by molar-refractivity contribution is 5.28. The Balaban J connectivity index is 1.97. The summed E-state index contributed by atoms with van der Waals surface area (Å²) in [6.07, 6.45) is 0. The van der Waals surface area contributed by atoms with E-state index in [1.165, 1.54) is 5.56 Å². The van der Waals surface area contributed by atoms with E-state index in [1.807, 2.05) is 6.07 Å². The van der Waals surface area contributed by atoms with Crippen LogP contribution in [0.3, 0.4) is 0 Å². The van der Waals surface area contributed by atoms with E-state index in [2.05, 4.69) is 48.9 Å². The molecule has 1 aliphatic rings. The number of ether oxygens (including phenoxy) is 2. The molecule has 2 atom stereocenters. The molecule has 2 unspecified atom stereocenters. The molecule has 1 heterocycles. The quantitative estimate of drug-likeness (QED) is 0.751. The molecule has 4 nitrogen and oxygen atoms in total. The lowest BCUT2D eigenvalue weighted by molar-refractivity contribution is 0.0458. The Morgan fingerprint density at radius 3 is 2.52 bits per heavy atom. The highest BCUT2D eigenvalue weighted by atomic mass is 16.5. The third-order valence-electron chi connectivity index (χ3n) is 4.10. The lowest BCUT2D eigenvalue weighted by atomic mass is 10.1. The van der Waals surface area contributed by atoms with Crippen LogP contribution < -0.4 is 4.74 Å². The van der Waals surface area contributed by atoms with Gasteiger partial charge in [-0.1, -0.05) is 12.1 Å². The molecule has 0 N–H and O–H groups in total. The fourth-order valence-electron chi connectivity index (χ4n) is 3.12. The summed E-state index contributed by atoms with van der Waals surface area (Å²) >= 11 is 0. The summed E-state index contributed by atoms with van der Waals surface area (Å²) in [4.78, 5) is 4.99. The van der Waals surface area contributed by atoms with Gasteiger partial charge in [0.15, 0.2) is 0 Å². The van der Waals surface area contributed by atoms with Crippen LogP contribution in [0.15, 0.2) is 24.3 Å². The summed E-state index contributed by atoms with van der Waals surface area (Å²) < 4.78 is 10.7. The monoisotopic (exact) mass is 292 g/mol. The van der Waals surface area contributed by atoms with Crippen LogP contribution in [0.4, 0.5) is 0 Å². The lowest BCUT2D eigenvalue weighted by Gasteiger charge is -2.43. The van der Waals surface area contributed by atoms with Crippen LogP contribution in [0.5, 0.6) is 5.75 Å². The Hall–Kier alpha value is -1.10. The molecule has 0 bridgehead atoms. The molecule has 0 radical (unpaired) electrons. The van der Waals surface area contributed by atoms with Crippen molar-refractivity contribution in [1.29, 1.82) is 0 Å².